The highest BCUT2D eigenvalue weighted by Crippen LogP contribution is 2.37. The monoisotopic (exact) mass is 184 g/mol. The van der Waals surface area contributed by atoms with Gasteiger partial charge in [0.25, 0.3) is 0 Å². The minimum Gasteiger partial charge on any atom is -0.459 e. The van der Waals surface area contributed by atoms with Crippen LogP contribution in [-0.4, -0.2) is 23.3 Å². The molecule has 3 nitrogen and oxygen atoms in total. The van der Waals surface area contributed by atoms with Gasteiger partial charge in [-0.25, -0.2) is 0 Å². The van der Waals surface area contributed by atoms with Crippen LogP contribution < -0.4 is 0 Å². The van der Waals surface area contributed by atoms with Gasteiger partial charge in [-0.05, 0) is 12.8 Å². The standard InChI is InChI=1S/C10H16O3/c1-6-7-4-2-3-5-8(11)9(7)13-10(6)12/h6-9,11H,2-5H2,1H3/t6-,7+,8-,9-/m0/s1. The molecule has 1 aliphatic carbocycles. The van der Waals surface area contributed by atoms with Crippen molar-refractivity contribution in [3.05, 3.63) is 0 Å². The lowest BCUT2D eigenvalue weighted by atomic mass is 9.87. The molecule has 2 fully saturated rings. The van der Waals surface area contributed by atoms with Crippen molar-refractivity contribution in [1.82, 2.24) is 0 Å². The summed E-state index contributed by atoms with van der Waals surface area (Å²) in [5.74, 6) is 0.110. The fraction of sp³-hybridized carbons (Fsp3) is 0.900. The lowest BCUT2D eigenvalue weighted by Crippen LogP contribution is -2.30. The van der Waals surface area contributed by atoms with Crippen molar-refractivity contribution in [3.8, 4) is 0 Å². The fourth-order valence-corrected chi connectivity index (χ4v) is 2.46. The van der Waals surface area contributed by atoms with E-state index in [4.69, 9.17) is 4.74 Å². The molecule has 0 unspecified atom stereocenters. The highest BCUT2D eigenvalue weighted by molar-refractivity contribution is 5.74. The third-order valence-electron chi connectivity index (χ3n) is 3.35. The number of ether oxygens (including phenoxy) is 1. The van der Waals surface area contributed by atoms with Gasteiger partial charge in [0, 0.05) is 5.92 Å². The van der Waals surface area contributed by atoms with Gasteiger partial charge in [-0.3, -0.25) is 4.79 Å². The zero-order valence-corrected chi connectivity index (χ0v) is 7.90. The average Bonchev–Trinajstić information content (AvgIpc) is 2.30. The molecule has 2 aliphatic rings. The van der Waals surface area contributed by atoms with E-state index in [0.717, 1.165) is 25.7 Å². The van der Waals surface area contributed by atoms with Crippen molar-refractivity contribution in [2.24, 2.45) is 11.8 Å². The first kappa shape index (κ1) is 9.00. The highest BCUT2D eigenvalue weighted by Gasteiger charge is 2.45. The van der Waals surface area contributed by atoms with E-state index in [1.807, 2.05) is 6.92 Å². The first-order chi connectivity index (χ1) is 6.20. The summed E-state index contributed by atoms with van der Waals surface area (Å²) < 4.78 is 5.18. The van der Waals surface area contributed by atoms with Gasteiger partial charge in [0.1, 0.15) is 6.10 Å². The van der Waals surface area contributed by atoms with E-state index in [1.54, 1.807) is 0 Å². The summed E-state index contributed by atoms with van der Waals surface area (Å²) in [6.07, 6.45) is 3.32. The average molecular weight is 184 g/mol. The van der Waals surface area contributed by atoms with Gasteiger partial charge < -0.3 is 9.84 Å². The third-order valence-corrected chi connectivity index (χ3v) is 3.35. The Balaban J connectivity index is 2.16. The van der Waals surface area contributed by atoms with Crippen molar-refractivity contribution in [3.63, 3.8) is 0 Å². The van der Waals surface area contributed by atoms with Crippen molar-refractivity contribution in [2.75, 3.05) is 0 Å². The van der Waals surface area contributed by atoms with Crippen LogP contribution in [0.3, 0.4) is 0 Å². The molecule has 3 heteroatoms. The van der Waals surface area contributed by atoms with Crippen molar-refractivity contribution in [2.45, 2.75) is 44.8 Å². The summed E-state index contributed by atoms with van der Waals surface area (Å²) in [6.45, 7) is 1.91. The zero-order chi connectivity index (χ0) is 9.42. The molecule has 0 aromatic carbocycles. The maximum Gasteiger partial charge on any atom is 0.309 e. The number of hydrogen-bond donors (Lipinski definition) is 1. The Morgan fingerprint density at radius 3 is 2.85 bits per heavy atom. The maximum atomic E-state index is 11.3. The van der Waals surface area contributed by atoms with Crippen LogP contribution in [-0.2, 0) is 9.53 Å². The molecular formula is C10H16O3. The van der Waals surface area contributed by atoms with Crippen molar-refractivity contribution in [1.29, 1.82) is 0 Å². The Kier molecular flexibility index (Phi) is 2.28. The fourth-order valence-electron chi connectivity index (χ4n) is 2.46. The number of carbonyl (C=O) groups excluding carboxylic acids is 1. The number of hydrogen-bond acceptors (Lipinski definition) is 3. The van der Waals surface area contributed by atoms with Crippen molar-refractivity contribution >= 4 is 5.97 Å². The quantitative estimate of drug-likeness (QED) is 0.573. The summed E-state index contributed by atoms with van der Waals surface area (Å²) in [6, 6.07) is 0. The molecule has 0 radical (unpaired) electrons. The van der Waals surface area contributed by atoms with Crippen LogP contribution in [0.5, 0.6) is 0 Å². The molecule has 1 heterocycles. The largest absolute Gasteiger partial charge is 0.459 e. The summed E-state index contributed by atoms with van der Waals surface area (Å²) in [5, 5.41) is 9.72. The maximum absolute atomic E-state index is 11.3. The molecule has 2 rings (SSSR count). The minimum absolute atomic E-state index is 0.0160. The second-order valence-electron chi connectivity index (χ2n) is 4.21. The Bertz CT molecular complexity index is 214. The minimum atomic E-state index is -0.429. The number of carbonyl (C=O) groups is 1. The molecular weight excluding hydrogens is 168 g/mol. The molecule has 0 spiro atoms. The molecule has 0 amide bonds. The summed E-state index contributed by atoms with van der Waals surface area (Å²) in [7, 11) is 0. The molecule has 4 atom stereocenters. The Labute approximate surface area is 78.1 Å². The van der Waals surface area contributed by atoms with Gasteiger partial charge in [-0.15, -0.1) is 0 Å². The predicted molar refractivity (Wildman–Crippen MR) is 47.0 cm³/mol. The molecule has 0 aromatic heterocycles. The van der Waals surface area contributed by atoms with Crippen LogP contribution in [0.25, 0.3) is 0 Å². The Hall–Kier alpha value is -0.570. The number of fused-ring (bicyclic) bond motifs is 1. The zero-order valence-electron chi connectivity index (χ0n) is 7.90. The lowest BCUT2D eigenvalue weighted by molar-refractivity contribution is -0.147. The van der Waals surface area contributed by atoms with Gasteiger partial charge >= 0.3 is 5.97 Å². The smallest absolute Gasteiger partial charge is 0.309 e. The van der Waals surface area contributed by atoms with E-state index in [2.05, 4.69) is 0 Å². The molecule has 74 valence electrons. The first-order valence-corrected chi connectivity index (χ1v) is 5.08. The lowest BCUT2D eigenvalue weighted by Gasteiger charge is -2.19. The van der Waals surface area contributed by atoms with Crippen LogP contribution >= 0.6 is 0 Å². The van der Waals surface area contributed by atoms with Crippen LogP contribution in [0, 0.1) is 11.8 Å². The molecule has 1 saturated carbocycles. The van der Waals surface area contributed by atoms with E-state index in [-0.39, 0.29) is 23.9 Å². The number of aliphatic hydroxyl groups is 1. The van der Waals surface area contributed by atoms with E-state index >= 15 is 0 Å². The van der Waals surface area contributed by atoms with E-state index in [1.165, 1.54) is 0 Å². The second-order valence-corrected chi connectivity index (χ2v) is 4.21. The van der Waals surface area contributed by atoms with Crippen LogP contribution in [0.1, 0.15) is 32.6 Å². The van der Waals surface area contributed by atoms with Crippen LogP contribution in [0.2, 0.25) is 0 Å². The molecule has 1 N–H and O–H groups in total. The van der Waals surface area contributed by atoms with Gasteiger partial charge in [-0.1, -0.05) is 19.8 Å². The van der Waals surface area contributed by atoms with Gasteiger partial charge in [0.2, 0.25) is 0 Å². The molecule has 1 aliphatic heterocycles. The highest BCUT2D eigenvalue weighted by atomic mass is 16.6. The summed E-state index contributed by atoms with van der Waals surface area (Å²) >= 11 is 0. The van der Waals surface area contributed by atoms with Crippen molar-refractivity contribution < 1.29 is 14.6 Å². The topological polar surface area (TPSA) is 46.5 Å². The molecule has 13 heavy (non-hydrogen) atoms. The summed E-state index contributed by atoms with van der Waals surface area (Å²) in [5.41, 5.74) is 0. The molecule has 1 saturated heterocycles. The number of esters is 1. The van der Waals surface area contributed by atoms with E-state index < -0.39 is 6.10 Å². The molecule has 0 aromatic rings. The summed E-state index contributed by atoms with van der Waals surface area (Å²) in [4.78, 5) is 11.3. The third kappa shape index (κ3) is 1.46. The Morgan fingerprint density at radius 2 is 2.08 bits per heavy atom. The van der Waals surface area contributed by atoms with Gasteiger partial charge in [-0.2, -0.15) is 0 Å². The van der Waals surface area contributed by atoms with Gasteiger partial charge in [0.15, 0.2) is 0 Å². The second kappa shape index (κ2) is 3.29. The predicted octanol–water partition coefficient (Wildman–Crippen LogP) is 1.10. The molecule has 0 bridgehead atoms. The van der Waals surface area contributed by atoms with E-state index in [0.29, 0.717) is 0 Å². The van der Waals surface area contributed by atoms with Crippen LogP contribution in [0.15, 0.2) is 0 Å². The van der Waals surface area contributed by atoms with E-state index in [9.17, 15) is 9.90 Å². The normalized spacial score (nSPS) is 45.2. The Morgan fingerprint density at radius 1 is 1.38 bits per heavy atom. The number of aliphatic hydroxyl groups excluding tert-OH is 1. The van der Waals surface area contributed by atoms with Crippen LogP contribution in [0.4, 0.5) is 0 Å². The van der Waals surface area contributed by atoms with Gasteiger partial charge in [0.05, 0.1) is 12.0 Å². The first-order valence-electron chi connectivity index (χ1n) is 5.08. The number of rotatable bonds is 0. The SMILES string of the molecule is C[C@@H]1C(=O)O[C@H]2[C@@H]1CCCC[C@@H]2O.